The molecular formula is C15H22ClN3O3S. The van der Waals surface area contributed by atoms with Crippen molar-refractivity contribution in [1.82, 2.24) is 13.9 Å². The lowest BCUT2D eigenvalue weighted by molar-refractivity contribution is -0.126. The Balaban J connectivity index is 1.96. The first kappa shape index (κ1) is 18.2. The van der Waals surface area contributed by atoms with E-state index in [0.717, 1.165) is 5.56 Å². The van der Waals surface area contributed by atoms with Crippen molar-refractivity contribution in [2.24, 2.45) is 5.92 Å². The van der Waals surface area contributed by atoms with Crippen molar-refractivity contribution in [2.45, 2.75) is 19.4 Å². The number of halogens is 1. The smallest absolute Gasteiger partial charge is 0.281 e. The second kappa shape index (κ2) is 7.61. The number of hydrogen-bond donors (Lipinski definition) is 1. The maximum atomic E-state index is 12.3. The molecule has 128 valence electrons. The Kier molecular flexibility index (Phi) is 6.02. The van der Waals surface area contributed by atoms with Gasteiger partial charge in [0.1, 0.15) is 0 Å². The molecule has 0 bridgehead atoms. The Morgan fingerprint density at radius 1 is 1.39 bits per heavy atom. The van der Waals surface area contributed by atoms with Crippen LogP contribution in [0.3, 0.4) is 0 Å². The first-order valence-electron chi connectivity index (χ1n) is 7.51. The summed E-state index contributed by atoms with van der Waals surface area (Å²) in [6.07, 6.45) is 1.37. The highest BCUT2D eigenvalue weighted by Crippen LogP contribution is 2.21. The predicted molar refractivity (Wildman–Crippen MR) is 90.2 cm³/mol. The molecule has 1 aromatic rings. The molecule has 8 heteroatoms. The highest BCUT2D eigenvalue weighted by molar-refractivity contribution is 7.86. The van der Waals surface area contributed by atoms with Crippen LogP contribution >= 0.6 is 11.6 Å². The normalized spacial score (nSPS) is 19.7. The monoisotopic (exact) mass is 359 g/mol. The van der Waals surface area contributed by atoms with Gasteiger partial charge in [-0.15, -0.1) is 0 Å². The fourth-order valence-corrected chi connectivity index (χ4v) is 3.96. The summed E-state index contributed by atoms with van der Waals surface area (Å²) in [5.74, 6) is -0.468. The summed E-state index contributed by atoms with van der Waals surface area (Å²) in [6.45, 7) is 1.01. The van der Waals surface area contributed by atoms with E-state index in [1.165, 1.54) is 22.7 Å². The maximum Gasteiger partial charge on any atom is 0.281 e. The molecule has 1 aliphatic rings. The molecule has 0 unspecified atom stereocenters. The minimum Gasteiger partial charge on any atom is -0.352 e. The van der Waals surface area contributed by atoms with Gasteiger partial charge in [-0.2, -0.15) is 17.0 Å². The van der Waals surface area contributed by atoms with Crippen molar-refractivity contribution >= 4 is 27.7 Å². The standard InChI is InChI=1S/C15H22ClN3O3S/c1-18(2)23(21,22)19-9-5-7-13(11-19)15(20)17-10-12-6-3-4-8-14(12)16/h3-4,6,8,13H,5,7,9-11H2,1-2H3,(H,17,20)/t13-/m0/s1. The van der Waals surface area contributed by atoms with Gasteiger partial charge < -0.3 is 5.32 Å². The highest BCUT2D eigenvalue weighted by Gasteiger charge is 2.33. The average molecular weight is 360 g/mol. The van der Waals surface area contributed by atoms with Crippen LogP contribution in [0.1, 0.15) is 18.4 Å². The third-order valence-electron chi connectivity index (χ3n) is 3.95. The number of carbonyl (C=O) groups excluding carboxylic acids is 1. The molecule has 0 radical (unpaired) electrons. The summed E-state index contributed by atoms with van der Waals surface area (Å²) in [5, 5.41) is 3.46. The molecule has 0 aromatic heterocycles. The molecule has 1 aromatic carbocycles. The Labute approximate surface area is 142 Å². The van der Waals surface area contributed by atoms with E-state index in [1.807, 2.05) is 18.2 Å². The van der Waals surface area contributed by atoms with Gasteiger partial charge in [-0.3, -0.25) is 4.79 Å². The quantitative estimate of drug-likeness (QED) is 0.865. The molecule has 1 atom stereocenters. The third kappa shape index (κ3) is 4.44. The largest absolute Gasteiger partial charge is 0.352 e. The van der Waals surface area contributed by atoms with Gasteiger partial charge in [-0.25, -0.2) is 0 Å². The minimum atomic E-state index is -3.47. The topological polar surface area (TPSA) is 69.7 Å². The number of hydrogen-bond acceptors (Lipinski definition) is 3. The molecule has 1 saturated heterocycles. The molecule has 1 N–H and O–H groups in total. The van der Waals surface area contributed by atoms with E-state index in [2.05, 4.69) is 5.32 Å². The Bertz CT molecular complexity index is 664. The number of benzene rings is 1. The summed E-state index contributed by atoms with van der Waals surface area (Å²) in [6, 6.07) is 7.32. The zero-order valence-corrected chi connectivity index (χ0v) is 14.9. The van der Waals surface area contributed by atoms with Gasteiger partial charge in [0.25, 0.3) is 10.2 Å². The molecule has 1 fully saturated rings. The van der Waals surface area contributed by atoms with E-state index in [9.17, 15) is 13.2 Å². The number of piperidine rings is 1. The summed E-state index contributed by atoms with van der Waals surface area (Å²) >= 11 is 6.07. The van der Waals surface area contributed by atoms with E-state index >= 15 is 0 Å². The fraction of sp³-hybridized carbons (Fsp3) is 0.533. The van der Waals surface area contributed by atoms with Crippen LogP contribution in [-0.4, -0.2) is 50.1 Å². The highest BCUT2D eigenvalue weighted by atomic mass is 35.5. The van der Waals surface area contributed by atoms with E-state index in [4.69, 9.17) is 11.6 Å². The molecule has 1 amide bonds. The van der Waals surface area contributed by atoms with Crippen LogP contribution in [0.4, 0.5) is 0 Å². The van der Waals surface area contributed by atoms with Crippen LogP contribution in [0.15, 0.2) is 24.3 Å². The minimum absolute atomic E-state index is 0.136. The second-order valence-electron chi connectivity index (χ2n) is 5.80. The maximum absolute atomic E-state index is 12.3. The van der Waals surface area contributed by atoms with Gasteiger partial charge in [-0.05, 0) is 24.5 Å². The van der Waals surface area contributed by atoms with Crippen LogP contribution < -0.4 is 5.32 Å². The van der Waals surface area contributed by atoms with Crippen molar-refractivity contribution in [3.05, 3.63) is 34.9 Å². The first-order valence-corrected chi connectivity index (χ1v) is 9.28. The number of nitrogens with one attached hydrogen (secondary N) is 1. The summed E-state index contributed by atoms with van der Waals surface area (Å²) in [5.41, 5.74) is 0.844. The van der Waals surface area contributed by atoms with Crippen molar-refractivity contribution < 1.29 is 13.2 Å². The zero-order valence-electron chi connectivity index (χ0n) is 13.3. The molecule has 0 spiro atoms. The molecule has 0 saturated carbocycles. The van der Waals surface area contributed by atoms with Gasteiger partial charge in [0.15, 0.2) is 0 Å². The number of amides is 1. The number of carbonyl (C=O) groups is 1. The molecule has 1 aliphatic heterocycles. The SMILES string of the molecule is CN(C)S(=O)(=O)N1CCC[C@H](C(=O)NCc2ccccc2Cl)C1. The van der Waals surface area contributed by atoms with Crippen molar-refractivity contribution in [1.29, 1.82) is 0 Å². The van der Waals surface area contributed by atoms with Crippen LogP contribution in [0.2, 0.25) is 5.02 Å². The van der Waals surface area contributed by atoms with E-state index < -0.39 is 10.2 Å². The molecule has 0 aliphatic carbocycles. The Morgan fingerprint density at radius 3 is 2.74 bits per heavy atom. The van der Waals surface area contributed by atoms with Gasteiger partial charge in [0.2, 0.25) is 5.91 Å². The first-order chi connectivity index (χ1) is 10.8. The van der Waals surface area contributed by atoms with Crippen LogP contribution in [0.5, 0.6) is 0 Å². The second-order valence-corrected chi connectivity index (χ2v) is 8.35. The third-order valence-corrected chi connectivity index (χ3v) is 6.23. The van der Waals surface area contributed by atoms with E-state index in [1.54, 1.807) is 6.07 Å². The summed E-state index contributed by atoms with van der Waals surface area (Å²) < 4.78 is 26.9. The lowest BCUT2D eigenvalue weighted by atomic mass is 9.99. The average Bonchev–Trinajstić information content (AvgIpc) is 2.53. The summed E-state index contributed by atoms with van der Waals surface area (Å²) in [7, 11) is -0.482. The van der Waals surface area contributed by atoms with E-state index in [-0.39, 0.29) is 18.4 Å². The molecule has 6 nitrogen and oxygen atoms in total. The molecule has 2 rings (SSSR count). The Morgan fingerprint density at radius 2 is 2.09 bits per heavy atom. The Hall–Kier alpha value is -1.15. The van der Waals surface area contributed by atoms with Crippen LogP contribution in [0.25, 0.3) is 0 Å². The summed E-state index contributed by atoms with van der Waals surface area (Å²) in [4.78, 5) is 12.3. The number of rotatable bonds is 5. The van der Waals surface area contributed by atoms with E-state index in [0.29, 0.717) is 31.0 Å². The fourth-order valence-electron chi connectivity index (χ4n) is 2.57. The van der Waals surface area contributed by atoms with Gasteiger partial charge in [-0.1, -0.05) is 29.8 Å². The number of nitrogens with zero attached hydrogens (tertiary/aromatic N) is 2. The molecule has 1 heterocycles. The lowest BCUT2D eigenvalue weighted by Crippen LogP contribution is -2.48. The van der Waals surface area contributed by atoms with Gasteiger partial charge >= 0.3 is 0 Å². The predicted octanol–water partition coefficient (Wildman–Crippen LogP) is 1.47. The van der Waals surface area contributed by atoms with Gasteiger partial charge in [0, 0.05) is 38.8 Å². The lowest BCUT2D eigenvalue weighted by Gasteiger charge is -2.32. The van der Waals surface area contributed by atoms with Crippen molar-refractivity contribution in [2.75, 3.05) is 27.2 Å². The molecular weight excluding hydrogens is 338 g/mol. The molecule has 23 heavy (non-hydrogen) atoms. The van der Waals surface area contributed by atoms with Crippen molar-refractivity contribution in [3.63, 3.8) is 0 Å². The van der Waals surface area contributed by atoms with Crippen LogP contribution in [0, 0.1) is 5.92 Å². The van der Waals surface area contributed by atoms with Crippen molar-refractivity contribution in [3.8, 4) is 0 Å². The van der Waals surface area contributed by atoms with Crippen LogP contribution in [-0.2, 0) is 21.5 Å². The zero-order chi connectivity index (χ0) is 17.0. The van der Waals surface area contributed by atoms with Gasteiger partial charge in [0.05, 0.1) is 5.92 Å².